The van der Waals surface area contributed by atoms with E-state index in [0.29, 0.717) is 11.7 Å². The SMILES string of the molecule is CNC1CCN(c2ccnc(C(F)(F)F)c2)C1. The molecule has 0 spiro atoms. The second-order valence-electron chi connectivity index (χ2n) is 4.12. The fourth-order valence-electron chi connectivity index (χ4n) is 2.00. The average molecular weight is 245 g/mol. The first-order valence-electron chi connectivity index (χ1n) is 5.46. The summed E-state index contributed by atoms with van der Waals surface area (Å²) in [5, 5.41) is 3.13. The lowest BCUT2D eigenvalue weighted by molar-refractivity contribution is -0.141. The van der Waals surface area contributed by atoms with Gasteiger partial charge in [0.1, 0.15) is 5.69 Å². The monoisotopic (exact) mass is 245 g/mol. The molecular weight excluding hydrogens is 231 g/mol. The highest BCUT2D eigenvalue weighted by molar-refractivity contribution is 5.48. The van der Waals surface area contributed by atoms with Crippen LogP contribution in [0.5, 0.6) is 0 Å². The van der Waals surface area contributed by atoms with Gasteiger partial charge in [-0.15, -0.1) is 0 Å². The van der Waals surface area contributed by atoms with Crippen molar-refractivity contribution in [3.05, 3.63) is 24.0 Å². The normalized spacial score (nSPS) is 20.9. The zero-order valence-corrected chi connectivity index (χ0v) is 9.46. The quantitative estimate of drug-likeness (QED) is 0.862. The van der Waals surface area contributed by atoms with E-state index in [-0.39, 0.29) is 0 Å². The number of hydrogen-bond acceptors (Lipinski definition) is 3. The van der Waals surface area contributed by atoms with Gasteiger partial charge < -0.3 is 10.2 Å². The summed E-state index contributed by atoms with van der Waals surface area (Å²) in [7, 11) is 1.86. The van der Waals surface area contributed by atoms with Gasteiger partial charge in [0.2, 0.25) is 0 Å². The molecule has 17 heavy (non-hydrogen) atoms. The first-order chi connectivity index (χ1) is 8.00. The Morgan fingerprint density at radius 1 is 1.47 bits per heavy atom. The maximum absolute atomic E-state index is 12.5. The minimum Gasteiger partial charge on any atom is -0.370 e. The van der Waals surface area contributed by atoms with E-state index < -0.39 is 11.9 Å². The van der Waals surface area contributed by atoms with Crippen molar-refractivity contribution in [1.82, 2.24) is 10.3 Å². The summed E-state index contributed by atoms with van der Waals surface area (Å²) in [4.78, 5) is 5.30. The number of halogens is 3. The topological polar surface area (TPSA) is 28.2 Å². The minimum atomic E-state index is -4.38. The number of nitrogens with zero attached hydrogens (tertiary/aromatic N) is 2. The number of alkyl halides is 3. The molecule has 0 bridgehead atoms. The summed E-state index contributed by atoms with van der Waals surface area (Å²) in [5.41, 5.74) is -0.243. The third-order valence-corrected chi connectivity index (χ3v) is 3.00. The standard InChI is InChI=1S/C11H14F3N3/c1-15-8-3-5-17(7-8)9-2-4-16-10(6-9)11(12,13)14/h2,4,6,8,15H,3,5,7H2,1H3. The lowest BCUT2D eigenvalue weighted by Gasteiger charge is -2.19. The number of aromatic nitrogens is 1. The smallest absolute Gasteiger partial charge is 0.370 e. The highest BCUT2D eigenvalue weighted by Crippen LogP contribution is 2.30. The van der Waals surface area contributed by atoms with E-state index in [0.717, 1.165) is 25.6 Å². The third kappa shape index (κ3) is 2.69. The van der Waals surface area contributed by atoms with Gasteiger partial charge in [-0.05, 0) is 25.6 Å². The lowest BCUT2D eigenvalue weighted by Crippen LogP contribution is -2.29. The number of pyridine rings is 1. The maximum Gasteiger partial charge on any atom is 0.433 e. The van der Waals surface area contributed by atoms with Crippen molar-refractivity contribution in [3.63, 3.8) is 0 Å². The van der Waals surface area contributed by atoms with Crippen molar-refractivity contribution in [2.24, 2.45) is 0 Å². The Labute approximate surface area is 97.6 Å². The highest BCUT2D eigenvalue weighted by atomic mass is 19.4. The molecule has 1 unspecified atom stereocenters. The summed E-state index contributed by atoms with van der Waals surface area (Å²) < 4.78 is 37.5. The van der Waals surface area contributed by atoms with Crippen LogP contribution >= 0.6 is 0 Å². The Kier molecular flexibility index (Phi) is 3.24. The Balaban J connectivity index is 2.17. The molecule has 1 aliphatic heterocycles. The van der Waals surface area contributed by atoms with Gasteiger partial charge in [-0.2, -0.15) is 13.2 Å². The molecule has 1 N–H and O–H groups in total. The van der Waals surface area contributed by atoms with E-state index in [4.69, 9.17) is 0 Å². The molecule has 2 rings (SSSR count). The Hall–Kier alpha value is -1.30. The van der Waals surface area contributed by atoms with Crippen LogP contribution in [0.15, 0.2) is 18.3 Å². The molecule has 0 aliphatic carbocycles. The Morgan fingerprint density at radius 2 is 2.24 bits per heavy atom. The van der Waals surface area contributed by atoms with Crippen LogP contribution in [0.2, 0.25) is 0 Å². The molecule has 1 aliphatic rings. The van der Waals surface area contributed by atoms with Gasteiger partial charge in [-0.3, -0.25) is 4.98 Å². The van der Waals surface area contributed by atoms with Crippen LogP contribution < -0.4 is 10.2 Å². The van der Waals surface area contributed by atoms with E-state index in [9.17, 15) is 13.2 Å². The molecule has 0 amide bonds. The summed E-state index contributed by atoms with van der Waals surface area (Å²) in [6, 6.07) is 3.07. The molecule has 1 aromatic heterocycles. The molecule has 0 aromatic carbocycles. The second-order valence-corrected chi connectivity index (χ2v) is 4.12. The second kappa shape index (κ2) is 4.52. The number of nitrogens with one attached hydrogen (secondary N) is 1. The molecule has 1 fully saturated rings. The van der Waals surface area contributed by atoms with Crippen LogP contribution in [0.4, 0.5) is 18.9 Å². The van der Waals surface area contributed by atoms with Crippen molar-refractivity contribution in [3.8, 4) is 0 Å². The fourth-order valence-corrected chi connectivity index (χ4v) is 2.00. The molecule has 1 aromatic rings. The van der Waals surface area contributed by atoms with Crippen molar-refractivity contribution in [1.29, 1.82) is 0 Å². The van der Waals surface area contributed by atoms with Crippen LogP contribution in [0.3, 0.4) is 0 Å². The van der Waals surface area contributed by atoms with Crippen LogP contribution in [-0.4, -0.2) is 31.2 Å². The van der Waals surface area contributed by atoms with E-state index >= 15 is 0 Å². The molecule has 94 valence electrons. The summed E-state index contributed by atoms with van der Waals surface area (Å²) in [6.07, 6.45) is -2.22. The van der Waals surface area contributed by atoms with E-state index in [1.807, 2.05) is 11.9 Å². The van der Waals surface area contributed by atoms with Gasteiger partial charge in [-0.25, -0.2) is 0 Å². The first-order valence-corrected chi connectivity index (χ1v) is 5.46. The summed E-state index contributed by atoms with van der Waals surface area (Å²) in [6.45, 7) is 1.50. The van der Waals surface area contributed by atoms with Gasteiger partial charge in [0.25, 0.3) is 0 Å². The van der Waals surface area contributed by atoms with Crippen LogP contribution in [0, 0.1) is 0 Å². The summed E-state index contributed by atoms with van der Waals surface area (Å²) >= 11 is 0. The lowest BCUT2D eigenvalue weighted by atomic mass is 10.3. The van der Waals surface area contributed by atoms with Crippen LogP contribution in [0.25, 0.3) is 0 Å². The average Bonchev–Trinajstić information content (AvgIpc) is 2.76. The first kappa shape index (κ1) is 12.2. The fraction of sp³-hybridized carbons (Fsp3) is 0.545. The van der Waals surface area contributed by atoms with E-state index in [2.05, 4.69) is 10.3 Å². The van der Waals surface area contributed by atoms with E-state index in [1.54, 1.807) is 6.07 Å². The third-order valence-electron chi connectivity index (χ3n) is 3.00. The zero-order chi connectivity index (χ0) is 12.5. The molecule has 1 atom stereocenters. The minimum absolute atomic E-state index is 0.345. The summed E-state index contributed by atoms with van der Waals surface area (Å²) in [5.74, 6) is 0. The number of anilines is 1. The van der Waals surface area contributed by atoms with Gasteiger partial charge in [0.15, 0.2) is 0 Å². The molecule has 1 saturated heterocycles. The van der Waals surface area contributed by atoms with Crippen molar-refractivity contribution >= 4 is 5.69 Å². The molecule has 3 nitrogen and oxygen atoms in total. The predicted octanol–water partition coefficient (Wildman–Crippen LogP) is 1.90. The number of hydrogen-bond donors (Lipinski definition) is 1. The van der Waals surface area contributed by atoms with Gasteiger partial charge in [0.05, 0.1) is 0 Å². The van der Waals surface area contributed by atoms with E-state index in [1.165, 1.54) is 6.20 Å². The molecule has 0 radical (unpaired) electrons. The van der Waals surface area contributed by atoms with Gasteiger partial charge >= 0.3 is 6.18 Å². The van der Waals surface area contributed by atoms with Crippen molar-refractivity contribution < 1.29 is 13.2 Å². The maximum atomic E-state index is 12.5. The van der Waals surface area contributed by atoms with Gasteiger partial charge in [-0.1, -0.05) is 0 Å². The van der Waals surface area contributed by atoms with Crippen molar-refractivity contribution in [2.45, 2.75) is 18.6 Å². The number of rotatable bonds is 2. The highest BCUT2D eigenvalue weighted by Gasteiger charge is 2.33. The Bertz CT molecular complexity index is 392. The van der Waals surface area contributed by atoms with Gasteiger partial charge in [0, 0.05) is 31.0 Å². The largest absolute Gasteiger partial charge is 0.433 e. The predicted molar refractivity (Wildman–Crippen MR) is 58.9 cm³/mol. The molecule has 0 saturated carbocycles. The zero-order valence-electron chi connectivity index (χ0n) is 9.46. The molecule has 6 heteroatoms. The van der Waals surface area contributed by atoms with Crippen LogP contribution in [-0.2, 0) is 6.18 Å². The molecular formula is C11H14F3N3. The number of likely N-dealkylation sites (N-methyl/N-ethyl adjacent to an activating group) is 1. The van der Waals surface area contributed by atoms with Crippen molar-refractivity contribution in [2.75, 3.05) is 25.0 Å². The molecule has 2 heterocycles. The Morgan fingerprint density at radius 3 is 2.82 bits per heavy atom. The van der Waals surface area contributed by atoms with Crippen LogP contribution in [0.1, 0.15) is 12.1 Å².